The summed E-state index contributed by atoms with van der Waals surface area (Å²) in [6, 6.07) is 16.1. The molecule has 0 aliphatic carbocycles. The third-order valence-electron chi connectivity index (χ3n) is 6.83. The van der Waals surface area contributed by atoms with Crippen LogP contribution in [0.2, 0.25) is 0 Å². The molecule has 0 radical (unpaired) electrons. The first-order valence-electron chi connectivity index (χ1n) is 15.0. The zero-order valence-corrected chi connectivity index (χ0v) is 26.4. The molecule has 2 atom stereocenters. The van der Waals surface area contributed by atoms with E-state index in [0.717, 1.165) is 11.1 Å². The average molecular weight is 610 g/mol. The molecule has 0 fully saturated rings. The number of amides is 5. The summed E-state index contributed by atoms with van der Waals surface area (Å²) in [5.41, 5.74) is 5.35. The van der Waals surface area contributed by atoms with Gasteiger partial charge in [-0.1, -0.05) is 87.4 Å². The molecule has 2 aromatic carbocycles. The second kappa shape index (κ2) is 17.0. The van der Waals surface area contributed by atoms with Crippen LogP contribution in [0.4, 0.5) is 4.79 Å². The second-order valence-corrected chi connectivity index (χ2v) is 11.9. The number of nitrogens with two attached hydrogens (primary N) is 1. The Morgan fingerprint density at radius 1 is 0.750 bits per heavy atom. The Morgan fingerprint density at radius 3 is 1.66 bits per heavy atom. The first kappa shape index (κ1) is 35.8. The number of alkyl carbamates (subject to hydrolysis) is 1. The standard InChI is InChI=1S/C33H47N5O6/c1-6-18-33(19-7-2,30(34)42)38-29(41)26(21-24-16-12-9-13-17-24)37-28(40)25(20-23-14-10-8-11-15-23)36-27(39)22-35-31(43)44-32(3,4)5/h8-17,25-26H,6-7,18-22H2,1-5H3,(H2,34,42)(H,35,43)(H,36,39)(H,37,40)(H,38,41)/t25-,26-/m0/s1. The van der Waals surface area contributed by atoms with Gasteiger partial charge < -0.3 is 31.7 Å². The van der Waals surface area contributed by atoms with Gasteiger partial charge in [-0.15, -0.1) is 0 Å². The fourth-order valence-corrected chi connectivity index (χ4v) is 4.84. The molecule has 0 saturated carbocycles. The van der Waals surface area contributed by atoms with Gasteiger partial charge in [0.2, 0.25) is 23.6 Å². The Morgan fingerprint density at radius 2 is 1.23 bits per heavy atom. The van der Waals surface area contributed by atoms with Crippen molar-refractivity contribution < 1.29 is 28.7 Å². The molecule has 0 saturated heterocycles. The van der Waals surface area contributed by atoms with E-state index < -0.39 is 59.5 Å². The van der Waals surface area contributed by atoms with Crippen LogP contribution in [0.3, 0.4) is 0 Å². The Bertz CT molecular complexity index is 1240. The summed E-state index contributed by atoms with van der Waals surface area (Å²) in [4.78, 5) is 65.0. The number of benzene rings is 2. The van der Waals surface area contributed by atoms with Crippen LogP contribution in [-0.4, -0.2) is 59.5 Å². The number of hydrogen-bond acceptors (Lipinski definition) is 6. The molecule has 11 heteroatoms. The number of carbonyl (C=O) groups excluding carboxylic acids is 5. The summed E-state index contributed by atoms with van der Waals surface area (Å²) in [5.74, 6) is -2.41. The van der Waals surface area contributed by atoms with Crippen LogP contribution < -0.4 is 27.0 Å². The van der Waals surface area contributed by atoms with Gasteiger partial charge in [-0.25, -0.2) is 4.79 Å². The maximum Gasteiger partial charge on any atom is 0.408 e. The summed E-state index contributed by atoms with van der Waals surface area (Å²) in [6.07, 6.45) is 1.42. The SMILES string of the molecule is CCCC(CCC)(NC(=O)[C@H](Cc1ccccc1)NC(=O)[C@H](Cc1ccccc1)NC(=O)CNC(=O)OC(C)(C)C)C(N)=O. The van der Waals surface area contributed by atoms with Crippen LogP contribution in [0.25, 0.3) is 0 Å². The van der Waals surface area contributed by atoms with Crippen molar-refractivity contribution in [2.45, 2.75) is 96.4 Å². The Labute approximate surface area is 260 Å². The van der Waals surface area contributed by atoms with Crippen molar-refractivity contribution >= 4 is 29.7 Å². The molecular weight excluding hydrogens is 562 g/mol. The molecule has 11 nitrogen and oxygen atoms in total. The predicted molar refractivity (Wildman–Crippen MR) is 168 cm³/mol. The first-order valence-corrected chi connectivity index (χ1v) is 15.0. The van der Waals surface area contributed by atoms with Gasteiger partial charge in [0.1, 0.15) is 29.8 Å². The van der Waals surface area contributed by atoms with Crippen molar-refractivity contribution in [2.24, 2.45) is 5.73 Å². The zero-order chi connectivity index (χ0) is 32.8. The molecule has 0 spiro atoms. The highest BCUT2D eigenvalue weighted by Crippen LogP contribution is 2.20. The average Bonchev–Trinajstić information content (AvgIpc) is 2.95. The number of carbonyl (C=O) groups is 5. The fourth-order valence-electron chi connectivity index (χ4n) is 4.84. The van der Waals surface area contributed by atoms with Gasteiger partial charge in [0.05, 0.1) is 0 Å². The van der Waals surface area contributed by atoms with Gasteiger partial charge in [-0.3, -0.25) is 19.2 Å². The highest BCUT2D eigenvalue weighted by molar-refractivity contribution is 5.96. The van der Waals surface area contributed by atoms with E-state index in [2.05, 4.69) is 21.3 Å². The normalized spacial score (nSPS) is 12.8. The van der Waals surface area contributed by atoms with Crippen LogP contribution in [0.15, 0.2) is 60.7 Å². The van der Waals surface area contributed by atoms with E-state index in [4.69, 9.17) is 10.5 Å². The molecule has 0 heterocycles. The highest BCUT2D eigenvalue weighted by Gasteiger charge is 2.39. The number of hydrogen-bond donors (Lipinski definition) is 5. The summed E-state index contributed by atoms with van der Waals surface area (Å²) in [7, 11) is 0. The second-order valence-electron chi connectivity index (χ2n) is 11.9. The number of nitrogens with one attached hydrogen (secondary N) is 4. The molecule has 240 valence electrons. The van der Waals surface area contributed by atoms with Crippen molar-refractivity contribution in [3.8, 4) is 0 Å². The predicted octanol–water partition coefficient (Wildman–Crippen LogP) is 2.91. The molecule has 44 heavy (non-hydrogen) atoms. The first-order chi connectivity index (χ1) is 20.8. The van der Waals surface area contributed by atoms with E-state index in [1.54, 1.807) is 20.8 Å². The summed E-state index contributed by atoms with van der Waals surface area (Å²) in [5, 5.41) is 10.7. The molecule has 6 N–H and O–H groups in total. The molecule has 5 amide bonds. The summed E-state index contributed by atoms with van der Waals surface area (Å²) in [6.45, 7) is 8.48. The largest absolute Gasteiger partial charge is 0.444 e. The lowest BCUT2D eigenvalue weighted by molar-refractivity contribution is -0.135. The maximum atomic E-state index is 13.8. The van der Waals surface area contributed by atoms with E-state index in [1.165, 1.54) is 0 Å². The van der Waals surface area contributed by atoms with Crippen molar-refractivity contribution in [2.75, 3.05) is 6.54 Å². The maximum absolute atomic E-state index is 13.8. The van der Waals surface area contributed by atoms with E-state index in [9.17, 15) is 24.0 Å². The van der Waals surface area contributed by atoms with Crippen LogP contribution >= 0.6 is 0 Å². The van der Waals surface area contributed by atoms with Crippen LogP contribution in [0, 0.1) is 0 Å². The molecule has 0 aromatic heterocycles. The summed E-state index contributed by atoms with van der Waals surface area (Å²) >= 11 is 0. The monoisotopic (exact) mass is 609 g/mol. The number of rotatable bonds is 16. The molecule has 0 aliphatic rings. The van der Waals surface area contributed by atoms with Crippen LogP contribution in [0.5, 0.6) is 0 Å². The zero-order valence-electron chi connectivity index (χ0n) is 26.4. The van der Waals surface area contributed by atoms with Crippen molar-refractivity contribution in [1.82, 2.24) is 21.3 Å². The fraction of sp³-hybridized carbons (Fsp3) is 0.485. The van der Waals surface area contributed by atoms with Gasteiger partial charge in [-0.05, 0) is 44.7 Å². The van der Waals surface area contributed by atoms with Crippen LogP contribution in [-0.2, 0) is 36.8 Å². The van der Waals surface area contributed by atoms with E-state index in [-0.39, 0.29) is 12.8 Å². The Balaban J connectivity index is 2.32. The lowest BCUT2D eigenvalue weighted by Gasteiger charge is -2.33. The van der Waals surface area contributed by atoms with Gasteiger partial charge in [0.15, 0.2) is 0 Å². The van der Waals surface area contributed by atoms with Crippen LogP contribution in [0.1, 0.15) is 71.4 Å². The van der Waals surface area contributed by atoms with Gasteiger partial charge in [0, 0.05) is 12.8 Å². The van der Waals surface area contributed by atoms with Gasteiger partial charge in [0.25, 0.3) is 0 Å². The Kier molecular flexibility index (Phi) is 13.8. The minimum Gasteiger partial charge on any atom is -0.444 e. The van der Waals surface area contributed by atoms with Crippen molar-refractivity contribution in [1.29, 1.82) is 0 Å². The van der Waals surface area contributed by atoms with Crippen molar-refractivity contribution in [3.63, 3.8) is 0 Å². The number of ether oxygens (including phenoxy) is 1. The minimum atomic E-state index is -1.26. The lowest BCUT2D eigenvalue weighted by Crippen LogP contribution is -2.62. The van der Waals surface area contributed by atoms with Gasteiger partial charge in [-0.2, -0.15) is 0 Å². The molecule has 0 unspecified atom stereocenters. The topological polar surface area (TPSA) is 169 Å². The molecular formula is C33H47N5O6. The van der Waals surface area contributed by atoms with Gasteiger partial charge >= 0.3 is 6.09 Å². The molecule has 0 aliphatic heterocycles. The molecule has 2 rings (SSSR count). The lowest BCUT2D eigenvalue weighted by atomic mass is 9.87. The third-order valence-corrected chi connectivity index (χ3v) is 6.83. The third kappa shape index (κ3) is 12.1. The van der Waals surface area contributed by atoms with E-state index >= 15 is 0 Å². The highest BCUT2D eigenvalue weighted by atomic mass is 16.6. The molecule has 0 bridgehead atoms. The summed E-state index contributed by atoms with van der Waals surface area (Å²) < 4.78 is 5.18. The quantitative estimate of drug-likeness (QED) is 0.196. The van der Waals surface area contributed by atoms with E-state index in [0.29, 0.717) is 25.7 Å². The Hall–Kier alpha value is -4.41. The van der Waals surface area contributed by atoms with Crippen molar-refractivity contribution in [3.05, 3.63) is 71.8 Å². The molecule has 2 aromatic rings. The minimum absolute atomic E-state index is 0.126. The smallest absolute Gasteiger partial charge is 0.408 e. The van der Waals surface area contributed by atoms with E-state index in [1.807, 2.05) is 74.5 Å². The number of primary amides is 1.